The Morgan fingerprint density at radius 2 is 2.11 bits per heavy atom. The van der Waals surface area contributed by atoms with Crippen molar-refractivity contribution in [1.29, 1.82) is 0 Å². The zero-order valence-corrected chi connectivity index (χ0v) is 11.5. The summed E-state index contributed by atoms with van der Waals surface area (Å²) >= 11 is 6.00. The molecule has 0 amide bonds. The molecule has 2 aromatic carbocycles. The maximum Gasteiger partial charge on any atom is 0.146 e. The summed E-state index contributed by atoms with van der Waals surface area (Å²) in [5.74, 6) is -0.192. The van der Waals surface area contributed by atoms with Crippen LogP contribution in [0, 0.1) is 12.7 Å². The van der Waals surface area contributed by atoms with E-state index in [0.29, 0.717) is 5.69 Å². The van der Waals surface area contributed by atoms with Crippen LogP contribution in [-0.2, 0) is 6.42 Å². The Morgan fingerprint density at radius 1 is 1.26 bits per heavy atom. The predicted molar refractivity (Wildman–Crippen MR) is 77.3 cm³/mol. The fourth-order valence-electron chi connectivity index (χ4n) is 2.72. The fraction of sp³-hybridized carbons (Fsp3) is 0.250. The first-order chi connectivity index (χ1) is 9.15. The van der Waals surface area contributed by atoms with Gasteiger partial charge in [0.15, 0.2) is 0 Å². The number of anilines is 1. The number of benzene rings is 2. The van der Waals surface area contributed by atoms with E-state index in [2.05, 4.69) is 5.32 Å². The summed E-state index contributed by atoms with van der Waals surface area (Å²) in [6, 6.07) is 11.3. The molecule has 98 valence electrons. The predicted octanol–water partition coefficient (Wildman–Crippen LogP) is 4.89. The van der Waals surface area contributed by atoms with Gasteiger partial charge in [0.05, 0.1) is 11.7 Å². The van der Waals surface area contributed by atoms with E-state index in [1.165, 1.54) is 17.2 Å². The number of para-hydroxylation sites is 1. The van der Waals surface area contributed by atoms with E-state index in [0.717, 1.165) is 23.4 Å². The Hall–Kier alpha value is -1.54. The molecular weight excluding hydrogens is 261 g/mol. The Labute approximate surface area is 117 Å². The van der Waals surface area contributed by atoms with Crippen LogP contribution in [0.5, 0.6) is 0 Å². The minimum Gasteiger partial charge on any atom is -0.376 e. The second-order valence-electron chi connectivity index (χ2n) is 5.01. The monoisotopic (exact) mass is 275 g/mol. The normalized spacial score (nSPS) is 17.3. The number of hydrogen-bond acceptors (Lipinski definition) is 1. The summed E-state index contributed by atoms with van der Waals surface area (Å²) in [7, 11) is 0. The minimum atomic E-state index is -0.192. The Kier molecular flexibility index (Phi) is 3.19. The number of nitrogens with one attached hydrogen (secondary N) is 1. The van der Waals surface area contributed by atoms with E-state index in [1.54, 1.807) is 6.07 Å². The molecule has 3 heteroatoms. The van der Waals surface area contributed by atoms with Gasteiger partial charge in [-0.2, -0.15) is 0 Å². The standard InChI is InChI=1S/C16H15ClFN/c1-10-3-2-4-14(18)16(10)19-15-8-5-11-9-12(17)6-7-13(11)15/h2-4,6-7,9,15,19H,5,8H2,1H3. The van der Waals surface area contributed by atoms with Gasteiger partial charge in [-0.1, -0.05) is 29.8 Å². The number of halogens is 2. The first kappa shape index (κ1) is 12.5. The van der Waals surface area contributed by atoms with Crippen LogP contribution in [0.25, 0.3) is 0 Å². The molecule has 3 rings (SSSR count). The van der Waals surface area contributed by atoms with Gasteiger partial charge in [-0.15, -0.1) is 0 Å². The van der Waals surface area contributed by atoms with Gasteiger partial charge in [0.25, 0.3) is 0 Å². The third-order valence-corrected chi connectivity index (χ3v) is 3.96. The van der Waals surface area contributed by atoms with E-state index >= 15 is 0 Å². The van der Waals surface area contributed by atoms with E-state index < -0.39 is 0 Å². The Bertz CT molecular complexity index is 604. The topological polar surface area (TPSA) is 12.0 Å². The lowest BCUT2D eigenvalue weighted by Gasteiger charge is -2.18. The van der Waals surface area contributed by atoms with Gasteiger partial charge in [-0.05, 0) is 54.7 Å². The van der Waals surface area contributed by atoms with E-state index in [-0.39, 0.29) is 11.9 Å². The SMILES string of the molecule is Cc1cccc(F)c1NC1CCc2cc(Cl)ccc21. The van der Waals surface area contributed by atoms with E-state index in [1.807, 2.05) is 31.2 Å². The van der Waals surface area contributed by atoms with Crippen LogP contribution < -0.4 is 5.32 Å². The molecule has 2 aromatic rings. The van der Waals surface area contributed by atoms with Crippen LogP contribution in [-0.4, -0.2) is 0 Å². The molecule has 0 bridgehead atoms. The number of rotatable bonds is 2. The summed E-state index contributed by atoms with van der Waals surface area (Å²) in [6.07, 6.45) is 1.96. The molecule has 0 spiro atoms. The van der Waals surface area contributed by atoms with Crippen LogP contribution in [0.1, 0.15) is 29.2 Å². The molecule has 0 heterocycles. The quantitative estimate of drug-likeness (QED) is 0.823. The van der Waals surface area contributed by atoms with E-state index in [9.17, 15) is 4.39 Å². The highest BCUT2D eigenvalue weighted by atomic mass is 35.5. The van der Waals surface area contributed by atoms with Crippen molar-refractivity contribution in [3.8, 4) is 0 Å². The van der Waals surface area contributed by atoms with Crippen molar-refractivity contribution in [3.05, 3.63) is 63.9 Å². The number of hydrogen-bond donors (Lipinski definition) is 1. The summed E-state index contributed by atoms with van der Waals surface area (Å²) in [6.45, 7) is 1.92. The molecule has 19 heavy (non-hydrogen) atoms. The van der Waals surface area contributed by atoms with Gasteiger partial charge in [-0.3, -0.25) is 0 Å². The summed E-state index contributed by atoms with van der Waals surface area (Å²) in [5.41, 5.74) is 4.03. The van der Waals surface area contributed by atoms with Crippen LogP contribution in [0.15, 0.2) is 36.4 Å². The highest BCUT2D eigenvalue weighted by Crippen LogP contribution is 2.36. The fourth-order valence-corrected chi connectivity index (χ4v) is 2.92. The summed E-state index contributed by atoms with van der Waals surface area (Å²) < 4.78 is 13.9. The Balaban J connectivity index is 1.91. The van der Waals surface area contributed by atoms with Crippen molar-refractivity contribution >= 4 is 17.3 Å². The second-order valence-corrected chi connectivity index (χ2v) is 5.45. The molecule has 0 saturated heterocycles. The first-order valence-corrected chi connectivity index (χ1v) is 6.83. The first-order valence-electron chi connectivity index (χ1n) is 6.45. The zero-order valence-electron chi connectivity index (χ0n) is 10.7. The molecular formula is C16H15ClFN. The van der Waals surface area contributed by atoms with Gasteiger partial charge in [0.1, 0.15) is 5.82 Å². The third-order valence-electron chi connectivity index (χ3n) is 3.72. The van der Waals surface area contributed by atoms with Crippen molar-refractivity contribution in [2.24, 2.45) is 0 Å². The van der Waals surface area contributed by atoms with Crippen molar-refractivity contribution in [2.45, 2.75) is 25.8 Å². The van der Waals surface area contributed by atoms with E-state index in [4.69, 9.17) is 11.6 Å². The number of fused-ring (bicyclic) bond motifs is 1. The molecule has 0 aromatic heterocycles. The van der Waals surface area contributed by atoms with Crippen LogP contribution in [0.3, 0.4) is 0 Å². The molecule has 1 aliphatic carbocycles. The average molecular weight is 276 g/mol. The minimum absolute atomic E-state index is 0.169. The van der Waals surface area contributed by atoms with Gasteiger partial charge >= 0.3 is 0 Å². The lowest BCUT2D eigenvalue weighted by Crippen LogP contribution is -2.09. The average Bonchev–Trinajstić information content (AvgIpc) is 2.76. The van der Waals surface area contributed by atoms with Gasteiger partial charge in [0.2, 0.25) is 0 Å². The molecule has 0 radical (unpaired) electrons. The summed E-state index contributed by atoms with van der Waals surface area (Å²) in [5, 5.41) is 4.10. The molecule has 0 saturated carbocycles. The van der Waals surface area contributed by atoms with Crippen LogP contribution in [0.2, 0.25) is 5.02 Å². The molecule has 1 unspecified atom stereocenters. The van der Waals surface area contributed by atoms with Crippen LogP contribution in [0.4, 0.5) is 10.1 Å². The van der Waals surface area contributed by atoms with Crippen molar-refractivity contribution in [2.75, 3.05) is 5.32 Å². The summed E-state index contributed by atoms with van der Waals surface area (Å²) in [4.78, 5) is 0. The van der Waals surface area contributed by atoms with Crippen molar-refractivity contribution in [1.82, 2.24) is 0 Å². The van der Waals surface area contributed by atoms with Gasteiger partial charge < -0.3 is 5.32 Å². The maximum absolute atomic E-state index is 13.9. The zero-order chi connectivity index (χ0) is 13.4. The van der Waals surface area contributed by atoms with Gasteiger partial charge in [-0.25, -0.2) is 4.39 Å². The lowest BCUT2D eigenvalue weighted by molar-refractivity contribution is 0.623. The molecule has 1 N–H and O–H groups in total. The lowest BCUT2D eigenvalue weighted by atomic mass is 10.1. The smallest absolute Gasteiger partial charge is 0.146 e. The van der Waals surface area contributed by atoms with Crippen molar-refractivity contribution in [3.63, 3.8) is 0 Å². The number of aryl methyl sites for hydroxylation is 2. The van der Waals surface area contributed by atoms with Gasteiger partial charge in [0, 0.05) is 5.02 Å². The highest BCUT2D eigenvalue weighted by Gasteiger charge is 2.23. The maximum atomic E-state index is 13.9. The highest BCUT2D eigenvalue weighted by molar-refractivity contribution is 6.30. The molecule has 1 atom stereocenters. The molecule has 0 fully saturated rings. The molecule has 1 nitrogen and oxygen atoms in total. The molecule has 0 aliphatic heterocycles. The molecule has 1 aliphatic rings. The largest absolute Gasteiger partial charge is 0.376 e. The van der Waals surface area contributed by atoms with Crippen LogP contribution >= 0.6 is 11.6 Å². The third kappa shape index (κ3) is 2.33. The second kappa shape index (κ2) is 4.86. The Morgan fingerprint density at radius 3 is 2.89 bits per heavy atom. The van der Waals surface area contributed by atoms with Crippen molar-refractivity contribution < 1.29 is 4.39 Å².